The molecule has 2 aromatic carbocycles. The summed E-state index contributed by atoms with van der Waals surface area (Å²) < 4.78 is 33.8. The molecule has 0 atom stereocenters. The quantitative estimate of drug-likeness (QED) is 0.280. The summed E-state index contributed by atoms with van der Waals surface area (Å²) in [4.78, 5) is 20.2. The standard InChI is InChI=1S/C29H29F2N3O2/c1-17(13-29(2,3)4)28(35)34-21-8-6-7-18(9-21)19-10-23-24(15-33-27(23)32-14-19)22-11-20(30)12-26(31)25(22)16-36-5/h6-15H,16H2,1-5H3,(H,32,33)(H,34,35)/b17-13+. The number of rotatable bonds is 6. The summed E-state index contributed by atoms with van der Waals surface area (Å²) in [6.45, 7) is 7.92. The predicted molar refractivity (Wildman–Crippen MR) is 139 cm³/mol. The molecule has 1 amide bonds. The topological polar surface area (TPSA) is 67.0 Å². The molecule has 0 fully saturated rings. The number of methoxy groups -OCH3 is 1. The molecule has 2 aromatic heterocycles. The highest BCUT2D eigenvalue weighted by molar-refractivity contribution is 6.03. The molecule has 0 radical (unpaired) electrons. The number of anilines is 1. The van der Waals surface area contributed by atoms with Crippen molar-refractivity contribution < 1.29 is 18.3 Å². The van der Waals surface area contributed by atoms with Gasteiger partial charge in [0.25, 0.3) is 5.91 Å². The summed E-state index contributed by atoms with van der Waals surface area (Å²) in [5, 5.41) is 3.66. The number of hydrogen-bond donors (Lipinski definition) is 2. The zero-order valence-corrected chi connectivity index (χ0v) is 21.0. The third-order valence-corrected chi connectivity index (χ3v) is 5.73. The van der Waals surface area contributed by atoms with Crippen molar-refractivity contribution in [2.24, 2.45) is 5.41 Å². The van der Waals surface area contributed by atoms with Gasteiger partial charge < -0.3 is 15.0 Å². The van der Waals surface area contributed by atoms with Crippen LogP contribution in [-0.4, -0.2) is 23.0 Å². The Morgan fingerprint density at radius 2 is 1.89 bits per heavy atom. The third kappa shape index (κ3) is 5.52. The molecule has 0 unspecified atom stereocenters. The van der Waals surface area contributed by atoms with Crippen molar-refractivity contribution in [2.75, 3.05) is 12.4 Å². The Morgan fingerprint density at radius 1 is 1.11 bits per heavy atom. The normalized spacial score (nSPS) is 12.2. The van der Waals surface area contributed by atoms with Crippen molar-refractivity contribution >= 4 is 22.6 Å². The second-order valence-corrected chi connectivity index (χ2v) is 9.90. The molecule has 2 N–H and O–H groups in total. The fourth-order valence-corrected chi connectivity index (χ4v) is 4.24. The number of nitrogens with one attached hydrogen (secondary N) is 2. The number of carbonyl (C=O) groups is 1. The molecule has 0 aliphatic rings. The van der Waals surface area contributed by atoms with E-state index in [0.717, 1.165) is 17.2 Å². The van der Waals surface area contributed by atoms with Crippen LogP contribution in [0.2, 0.25) is 0 Å². The number of halogens is 2. The van der Waals surface area contributed by atoms with E-state index in [2.05, 4.69) is 15.3 Å². The van der Waals surface area contributed by atoms with Crippen molar-refractivity contribution in [3.8, 4) is 22.3 Å². The van der Waals surface area contributed by atoms with E-state index in [1.807, 2.05) is 57.2 Å². The highest BCUT2D eigenvalue weighted by atomic mass is 19.1. The van der Waals surface area contributed by atoms with Crippen molar-refractivity contribution in [3.05, 3.63) is 83.7 Å². The molecule has 0 bridgehead atoms. The second-order valence-electron chi connectivity index (χ2n) is 9.90. The summed E-state index contributed by atoms with van der Waals surface area (Å²) in [5.41, 5.74) is 4.72. The summed E-state index contributed by atoms with van der Waals surface area (Å²) in [7, 11) is 1.47. The zero-order chi connectivity index (χ0) is 26.0. The smallest absolute Gasteiger partial charge is 0.250 e. The molecule has 0 saturated heterocycles. The Balaban J connectivity index is 1.72. The van der Waals surface area contributed by atoms with Crippen molar-refractivity contribution in [2.45, 2.75) is 34.3 Å². The van der Waals surface area contributed by atoms with Crippen LogP contribution in [0.25, 0.3) is 33.3 Å². The first-order chi connectivity index (χ1) is 17.1. The molecule has 5 nitrogen and oxygen atoms in total. The monoisotopic (exact) mass is 489 g/mol. The molecule has 0 aliphatic heterocycles. The van der Waals surface area contributed by atoms with Gasteiger partial charge >= 0.3 is 0 Å². The zero-order valence-electron chi connectivity index (χ0n) is 21.0. The molecule has 186 valence electrons. The molecule has 2 heterocycles. The summed E-state index contributed by atoms with van der Waals surface area (Å²) in [6, 6.07) is 11.5. The summed E-state index contributed by atoms with van der Waals surface area (Å²) in [6.07, 6.45) is 5.34. The van der Waals surface area contributed by atoms with E-state index in [1.54, 1.807) is 19.3 Å². The van der Waals surface area contributed by atoms with E-state index >= 15 is 0 Å². The van der Waals surface area contributed by atoms with Gasteiger partial charge in [0, 0.05) is 58.9 Å². The van der Waals surface area contributed by atoms with Gasteiger partial charge in [-0.3, -0.25) is 4.79 Å². The largest absolute Gasteiger partial charge is 0.380 e. The Morgan fingerprint density at radius 3 is 2.61 bits per heavy atom. The minimum absolute atomic E-state index is 0.00601. The van der Waals surface area contributed by atoms with Crippen molar-refractivity contribution in [1.29, 1.82) is 0 Å². The number of pyridine rings is 1. The number of benzene rings is 2. The predicted octanol–water partition coefficient (Wildman–Crippen LogP) is 7.25. The first kappa shape index (κ1) is 25.3. The first-order valence-corrected chi connectivity index (χ1v) is 11.6. The second kappa shape index (κ2) is 10.0. The van der Waals surface area contributed by atoms with E-state index in [4.69, 9.17) is 4.74 Å². The van der Waals surface area contributed by atoms with Gasteiger partial charge in [-0.05, 0) is 47.7 Å². The molecular formula is C29H29F2N3O2. The maximum atomic E-state index is 14.5. The van der Waals surface area contributed by atoms with Crippen LogP contribution in [0.1, 0.15) is 33.3 Å². The number of allylic oxidation sites excluding steroid dienone is 1. The van der Waals surface area contributed by atoms with Gasteiger partial charge in [-0.2, -0.15) is 0 Å². The maximum absolute atomic E-state index is 14.5. The van der Waals surface area contributed by atoms with Crippen LogP contribution in [0, 0.1) is 17.0 Å². The van der Waals surface area contributed by atoms with Crippen LogP contribution >= 0.6 is 0 Å². The van der Waals surface area contributed by atoms with Crippen LogP contribution in [0.5, 0.6) is 0 Å². The number of fused-ring (bicyclic) bond motifs is 1. The third-order valence-electron chi connectivity index (χ3n) is 5.73. The van der Waals surface area contributed by atoms with Gasteiger partial charge in [-0.25, -0.2) is 13.8 Å². The molecular weight excluding hydrogens is 460 g/mol. The number of aromatic nitrogens is 2. The molecule has 36 heavy (non-hydrogen) atoms. The Bertz CT molecular complexity index is 1470. The fraction of sp³-hybridized carbons (Fsp3) is 0.241. The lowest BCUT2D eigenvalue weighted by atomic mass is 9.93. The average Bonchev–Trinajstić information content (AvgIpc) is 3.23. The lowest BCUT2D eigenvalue weighted by Gasteiger charge is -2.14. The van der Waals surface area contributed by atoms with E-state index < -0.39 is 11.6 Å². The van der Waals surface area contributed by atoms with Crippen LogP contribution < -0.4 is 5.32 Å². The molecule has 4 rings (SSSR count). The average molecular weight is 490 g/mol. The SMILES string of the molecule is COCc1c(F)cc(F)cc1-c1c[nH]c2ncc(-c3cccc(NC(=O)/C(C)=C/C(C)(C)C)c3)cc12. The summed E-state index contributed by atoms with van der Waals surface area (Å²) >= 11 is 0. The minimum Gasteiger partial charge on any atom is -0.380 e. The minimum atomic E-state index is -0.667. The Hall–Kier alpha value is -3.84. The van der Waals surface area contributed by atoms with Gasteiger partial charge in [-0.15, -0.1) is 0 Å². The van der Waals surface area contributed by atoms with Gasteiger partial charge in [0.1, 0.15) is 17.3 Å². The lowest BCUT2D eigenvalue weighted by molar-refractivity contribution is -0.112. The van der Waals surface area contributed by atoms with Crippen molar-refractivity contribution in [3.63, 3.8) is 0 Å². The highest BCUT2D eigenvalue weighted by Crippen LogP contribution is 2.35. The number of aromatic amines is 1. The number of amides is 1. The molecule has 0 spiro atoms. The number of nitrogens with zero attached hydrogens (tertiary/aromatic N) is 1. The first-order valence-electron chi connectivity index (χ1n) is 11.6. The highest BCUT2D eigenvalue weighted by Gasteiger charge is 2.17. The molecule has 7 heteroatoms. The van der Waals surface area contributed by atoms with Crippen LogP contribution in [0.3, 0.4) is 0 Å². The molecule has 0 aliphatic carbocycles. The van der Waals surface area contributed by atoms with E-state index in [1.165, 1.54) is 13.2 Å². The van der Waals surface area contributed by atoms with Crippen LogP contribution in [0.15, 0.2) is 66.5 Å². The number of H-pyrrole nitrogens is 1. The number of hydrogen-bond acceptors (Lipinski definition) is 3. The van der Waals surface area contributed by atoms with Crippen LogP contribution in [-0.2, 0) is 16.1 Å². The number of ether oxygens (including phenoxy) is 1. The fourth-order valence-electron chi connectivity index (χ4n) is 4.24. The van der Waals surface area contributed by atoms with E-state index in [-0.39, 0.29) is 23.5 Å². The van der Waals surface area contributed by atoms with E-state index in [9.17, 15) is 13.6 Å². The lowest BCUT2D eigenvalue weighted by Crippen LogP contribution is -2.15. The van der Waals surface area contributed by atoms with Gasteiger partial charge in [0.05, 0.1) is 6.61 Å². The Labute approximate surface area is 209 Å². The summed E-state index contributed by atoms with van der Waals surface area (Å²) in [5.74, 6) is -1.49. The van der Waals surface area contributed by atoms with Crippen molar-refractivity contribution in [1.82, 2.24) is 9.97 Å². The maximum Gasteiger partial charge on any atom is 0.250 e. The molecule has 4 aromatic rings. The van der Waals surface area contributed by atoms with Gasteiger partial charge in [-0.1, -0.05) is 39.0 Å². The molecule has 0 saturated carbocycles. The number of carbonyl (C=O) groups excluding carboxylic acids is 1. The van der Waals surface area contributed by atoms with E-state index in [0.29, 0.717) is 33.4 Å². The van der Waals surface area contributed by atoms with Gasteiger partial charge in [0.2, 0.25) is 0 Å². The van der Waals surface area contributed by atoms with Gasteiger partial charge in [0.15, 0.2) is 0 Å². The Kier molecular flexibility index (Phi) is 7.04. The van der Waals surface area contributed by atoms with Crippen LogP contribution in [0.4, 0.5) is 14.5 Å².